The van der Waals surface area contributed by atoms with Crippen molar-refractivity contribution in [2.24, 2.45) is 7.05 Å². The maximum atomic E-state index is 12.6. The summed E-state index contributed by atoms with van der Waals surface area (Å²) in [5, 5.41) is 2.05. The van der Waals surface area contributed by atoms with Crippen molar-refractivity contribution in [2.75, 3.05) is 0 Å². The van der Waals surface area contributed by atoms with Crippen LogP contribution in [0.4, 0.5) is 0 Å². The predicted molar refractivity (Wildman–Crippen MR) is 88.4 cm³/mol. The number of nitrogens with zero attached hydrogens (tertiary/aromatic N) is 1. The maximum absolute atomic E-state index is 12.6. The SMILES string of the molecule is Cn1c2ccccc2c2cc(S(=O)(=O)NC3(C)CC3)ccc21. The van der Waals surface area contributed by atoms with Gasteiger partial charge in [0, 0.05) is 34.4 Å². The molecule has 0 bridgehead atoms. The van der Waals surface area contributed by atoms with Crippen LogP contribution in [0.15, 0.2) is 47.4 Å². The largest absolute Gasteiger partial charge is 0.344 e. The van der Waals surface area contributed by atoms with Crippen LogP contribution in [-0.2, 0) is 17.1 Å². The molecule has 1 heterocycles. The first-order chi connectivity index (χ1) is 10.4. The average molecular weight is 314 g/mol. The third-order valence-electron chi connectivity index (χ3n) is 4.58. The van der Waals surface area contributed by atoms with E-state index in [0.717, 1.165) is 34.6 Å². The molecule has 0 saturated heterocycles. The summed E-state index contributed by atoms with van der Waals surface area (Å²) in [6, 6.07) is 13.4. The highest BCUT2D eigenvalue weighted by molar-refractivity contribution is 7.89. The zero-order chi connectivity index (χ0) is 15.5. The lowest BCUT2D eigenvalue weighted by Crippen LogP contribution is -2.34. The van der Waals surface area contributed by atoms with Gasteiger partial charge < -0.3 is 4.57 Å². The van der Waals surface area contributed by atoms with Gasteiger partial charge in [0.1, 0.15) is 0 Å². The van der Waals surface area contributed by atoms with Gasteiger partial charge in [-0.1, -0.05) is 18.2 Å². The van der Waals surface area contributed by atoms with Crippen LogP contribution in [0.3, 0.4) is 0 Å². The van der Waals surface area contributed by atoms with Gasteiger partial charge >= 0.3 is 0 Å². The van der Waals surface area contributed by atoms with Crippen LogP contribution >= 0.6 is 0 Å². The summed E-state index contributed by atoms with van der Waals surface area (Å²) >= 11 is 0. The predicted octanol–water partition coefficient (Wildman–Crippen LogP) is 3.16. The molecule has 1 aromatic heterocycles. The van der Waals surface area contributed by atoms with Crippen molar-refractivity contribution in [1.82, 2.24) is 9.29 Å². The van der Waals surface area contributed by atoms with Crippen molar-refractivity contribution in [2.45, 2.75) is 30.2 Å². The van der Waals surface area contributed by atoms with E-state index in [-0.39, 0.29) is 5.54 Å². The molecule has 4 nitrogen and oxygen atoms in total. The second-order valence-corrected chi connectivity index (χ2v) is 8.10. The standard InChI is InChI=1S/C17H18N2O2S/c1-17(9-10-17)18-22(20,21)12-7-8-16-14(11-12)13-5-3-4-6-15(13)19(16)2/h3-8,11,18H,9-10H2,1-2H3. The van der Waals surface area contributed by atoms with Gasteiger partial charge in [0.2, 0.25) is 10.0 Å². The molecule has 0 aliphatic heterocycles. The first-order valence-electron chi connectivity index (χ1n) is 7.41. The number of para-hydroxylation sites is 1. The first-order valence-corrected chi connectivity index (χ1v) is 8.89. The highest BCUT2D eigenvalue weighted by atomic mass is 32.2. The zero-order valence-electron chi connectivity index (χ0n) is 12.6. The quantitative estimate of drug-likeness (QED) is 0.807. The highest BCUT2D eigenvalue weighted by Gasteiger charge is 2.41. The van der Waals surface area contributed by atoms with Crippen molar-refractivity contribution >= 4 is 31.8 Å². The molecule has 2 aromatic carbocycles. The van der Waals surface area contributed by atoms with E-state index in [1.807, 2.05) is 44.3 Å². The molecule has 1 saturated carbocycles. The van der Waals surface area contributed by atoms with E-state index in [9.17, 15) is 8.42 Å². The lowest BCUT2D eigenvalue weighted by atomic mass is 10.1. The van der Waals surface area contributed by atoms with Crippen LogP contribution in [0.25, 0.3) is 21.8 Å². The lowest BCUT2D eigenvalue weighted by molar-refractivity contribution is 0.558. The third kappa shape index (κ3) is 2.04. The van der Waals surface area contributed by atoms with Gasteiger partial charge in [-0.25, -0.2) is 13.1 Å². The molecule has 4 rings (SSSR count). The van der Waals surface area contributed by atoms with Gasteiger partial charge in [-0.2, -0.15) is 0 Å². The average Bonchev–Trinajstić information content (AvgIpc) is 3.14. The van der Waals surface area contributed by atoms with E-state index in [0.29, 0.717) is 4.90 Å². The summed E-state index contributed by atoms with van der Waals surface area (Å²) in [6.07, 6.45) is 1.81. The minimum absolute atomic E-state index is 0.257. The summed E-state index contributed by atoms with van der Waals surface area (Å²) in [7, 11) is -1.46. The van der Waals surface area contributed by atoms with Crippen LogP contribution in [0.1, 0.15) is 19.8 Å². The van der Waals surface area contributed by atoms with Crippen LogP contribution < -0.4 is 4.72 Å². The third-order valence-corrected chi connectivity index (χ3v) is 6.21. The van der Waals surface area contributed by atoms with Crippen molar-refractivity contribution in [1.29, 1.82) is 0 Å². The van der Waals surface area contributed by atoms with Crippen LogP contribution in [-0.4, -0.2) is 18.5 Å². The maximum Gasteiger partial charge on any atom is 0.241 e. The second-order valence-electron chi connectivity index (χ2n) is 6.42. The Kier molecular flexibility index (Phi) is 2.72. The van der Waals surface area contributed by atoms with Crippen LogP contribution in [0.2, 0.25) is 0 Å². The van der Waals surface area contributed by atoms with Crippen LogP contribution in [0.5, 0.6) is 0 Å². The number of aryl methyl sites for hydroxylation is 1. The molecule has 114 valence electrons. The Bertz CT molecular complexity index is 998. The van der Waals surface area contributed by atoms with Crippen molar-refractivity contribution in [3.63, 3.8) is 0 Å². The van der Waals surface area contributed by atoms with Crippen molar-refractivity contribution < 1.29 is 8.42 Å². The Hall–Kier alpha value is -1.85. The monoisotopic (exact) mass is 314 g/mol. The molecule has 3 aromatic rings. The molecule has 0 atom stereocenters. The molecule has 1 N–H and O–H groups in total. The Morgan fingerprint density at radius 1 is 1.05 bits per heavy atom. The minimum atomic E-state index is -3.47. The van der Waals surface area contributed by atoms with Crippen LogP contribution in [0, 0.1) is 0 Å². The fourth-order valence-corrected chi connectivity index (χ4v) is 4.48. The Morgan fingerprint density at radius 2 is 1.73 bits per heavy atom. The zero-order valence-corrected chi connectivity index (χ0v) is 13.4. The molecule has 1 fully saturated rings. The Labute approximate surface area is 129 Å². The molecule has 1 aliphatic rings. The molecule has 0 radical (unpaired) electrons. The van der Waals surface area contributed by atoms with Gasteiger partial charge in [-0.3, -0.25) is 0 Å². The summed E-state index contributed by atoms with van der Waals surface area (Å²) in [5.74, 6) is 0. The molecule has 0 amide bonds. The Balaban J connectivity index is 1.92. The number of benzene rings is 2. The second kappa shape index (κ2) is 4.33. The van der Waals surface area contributed by atoms with Crippen molar-refractivity contribution in [3.05, 3.63) is 42.5 Å². The van der Waals surface area contributed by atoms with E-state index in [2.05, 4.69) is 9.29 Å². The lowest BCUT2D eigenvalue weighted by Gasteiger charge is -2.12. The summed E-state index contributed by atoms with van der Waals surface area (Å²) in [4.78, 5) is 0.337. The fourth-order valence-electron chi connectivity index (χ4n) is 2.99. The number of nitrogens with one attached hydrogen (secondary N) is 1. The number of fused-ring (bicyclic) bond motifs is 3. The topological polar surface area (TPSA) is 51.1 Å². The first kappa shape index (κ1) is 13.8. The smallest absolute Gasteiger partial charge is 0.241 e. The Morgan fingerprint density at radius 3 is 2.45 bits per heavy atom. The molecule has 1 aliphatic carbocycles. The molecule has 22 heavy (non-hydrogen) atoms. The number of sulfonamides is 1. The van der Waals surface area contributed by atoms with Gasteiger partial charge in [0.25, 0.3) is 0 Å². The van der Waals surface area contributed by atoms with E-state index >= 15 is 0 Å². The van der Waals surface area contributed by atoms with Gasteiger partial charge in [0.15, 0.2) is 0 Å². The number of hydrogen-bond donors (Lipinski definition) is 1. The number of aromatic nitrogens is 1. The highest BCUT2D eigenvalue weighted by Crippen LogP contribution is 2.36. The normalized spacial score (nSPS) is 17.2. The van der Waals surface area contributed by atoms with Crippen molar-refractivity contribution in [3.8, 4) is 0 Å². The van der Waals surface area contributed by atoms with E-state index in [1.54, 1.807) is 12.1 Å². The summed E-state index contributed by atoms with van der Waals surface area (Å²) in [5.41, 5.74) is 1.89. The van der Waals surface area contributed by atoms with E-state index in [1.165, 1.54) is 0 Å². The minimum Gasteiger partial charge on any atom is -0.344 e. The molecular weight excluding hydrogens is 296 g/mol. The van der Waals surface area contributed by atoms with Gasteiger partial charge in [-0.15, -0.1) is 0 Å². The molecular formula is C17H18N2O2S. The fraction of sp³-hybridized carbons (Fsp3) is 0.294. The number of rotatable bonds is 3. The van der Waals surface area contributed by atoms with E-state index in [4.69, 9.17) is 0 Å². The number of hydrogen-bond acceptors (Lipinski definition) is 2. The van der Waals surface area contributed by atoms with Gasteiger partial charge in [0.05, 0.1) is 4.90 Å². The van der Waals surface area contributed by atoms with Gasteiger partial charge in [-0.05, 0) is 44.0 Å². The van der Waals surface area contributed by atoms with E-state index < -0.39 is 10.0 Å². The molecule has 0 spiro atoms. The summed E-state index contributed by atoms with van der Waals surface area (Å²) < 4.78 is 30.0. The summed E-state index contributed by atoms with van der Waals surface area (Å²) in [6.45, 7) is 1.95. The molecule has 5 heteroatoms. The molecule has 0 unspecified atom stereocenters.